The number of rotatable bonds is 1. The van der Waals surface area contributed by atoms with E-state index in [0.29, 0.717) is 4.90 Å². The highest BCUT2D eigenvalue weighted by Crippen LogP contribution is 2.24. The highest BCUT2D eigenvalue weighted by Gasteiger charge is 2.14. The van der Waals surface area contributed by atoms with E-state index in [4.69, 9.17) is 0 Å². The molecule has 13 heavy (non-hydrogen) atoms. The van der Waals surface area contributed by atoms with Gasteiger partial charge in [0.25, 0.3) is 0 Å². The van der Waals surface area contributed by atoms with Crippen LogP contribution in [0.25, 0.3) is 0 Å². The van der Waals surface area contributed by atoms with Crippen molar-refractivity contribution in [1.29, 1.82) is 0 Å². The van der Waals surface area contributed by atoms with Crippen molar-refractivity contribution in [3.8, 4) is 0 Å². The highest BCUT2D eigenvalue weighted by atomic mass is 79.9. The molecule has 0 atom stereocenters. The Bertz CT molecular complexity index is 412. The summed E-state index contributed by atoms with van der Waals surface area (Å²) in [6.45, 7) is 3.60. The summed E-state index contributed by atoms with van der Waals surface area (Å²) in [6, 6.07) is 3.62. The summed E-state index contributed by atoms with van der Waals surface area (Å²) in [5.74, 6) is 0. The van der Waals surface area contributed by atoms with Gasteiger partial charge in [-0.05, 0) is 37.1 Å². The fourth-order valence-corrected chi connectivity index (χ4v) is 3.46. The zero-order chi connectivity index (χ0) is 10.2. The molecular formula is C9H11BrO2S. The summed E-state index contributed by atoms with van der Waals surface area (Å²) in [5, 5.41) is 0. The molecule has 1 rings (SSSR count). The number of halogens is 1. The molecule has 0 saturated heterocycles. The van der Waals surface area contributed by atoms with Gasteiger partial charge in [0.2, 0.25) is 0 Å². The van der Waals surface area contributed by atoms with E-state index in [1.54, 1.807) is 13.8 Å². The third-order valence-corrected chi connectivity index (χ3v) is 3.64. The van der Waals surface area contributed by atoms with Crippen LogP contribution in [0.4, 0.5) is 0 Å². The Morgan fingerprint density at radius 2 is 1.54 bits per heavy atom. The molecule has 4 heteroatoms. The van der Waals surface area contributed by atoms with Gasteiger partial charge in [0.1, 0.15) is 0 Å². The summed E-state index contributed by atoms with van der Waals surface area (Å²) in [5.41, 5.74) is 1.57. The van der Waals surface area contributed by atoms with Gasteiger partial charge in [0.15, 0.2) is 9.84 Å². The molecule has 0 aliphatic heterocycles. The highest BCUT2D eigenvalue weighted by molar-refractivity contribution is 9.10. The molecule has 0 bridgehead atoms. The molecule has 0 aliphatic rings. The minimum atomic E-state index is -3.10. The first-order valence-corrected chi connectivity index (χ1v) is 6.47. The van der Waals surface area contributed by atoms with Gasteiger partial charge < -0.3 is 0 Å². The van der Waals surface area contributed by atoms with Gasteiger partial charge in [-0.3, -0.25) is 0 Å². The second-order valence-corrected chi connectivity index (χ2v) is 6.01. The molecule has 0 aromatic heterocycles. The lowest BCUT2D eigenvalue weighted by molar-refractivity contribution is 0.600. The van der Waals surface area contributed by atoms with Crippen molar-refractivity contribution < 1.29 is 8.42 Å². The van der Waals surface area contributed by atoms with Crippen molar-refractivity contribution in [2.24, 2.45) is 0 Å². The Labute approximate surface area is 87.0 Å². The molecule has 0 N–H and O–H groups in total. The van der Waals surface area contributed by atoms with Crippen molar-refractivity contribution in [2.45, 2.75) is 18.7 Å². The van der Waals surface area contributed by atoms with Gasteiger partial charge in [-0.25, -0.2) is 8.42 Å². The molecular weight excluding hydrogens is 252 g/mol. The van der Waals surface area contributed by atoms with E-state index >= 15 is 0 Å². The Morgan fingerprint density at radius 1 is 1.15 bits per heavy atom. The number of hydrogen-bond donors (Lipinski definition) is 0. The van der Waals surface area contributed by atoms with Crippen molar-refractivity contribution in [3.05, 3.63) is 27.7 Å². The summed E-state index contributed by atoms with van der Waals surface area (Å²) in [7, 11) is -3.10. The van der Waals surface area contributed by atoms with Gasteiger partial charge in [-0.2, -0.15) is 0 Å². The van der Waals surface area contributed by atoms with Crippen LogP contribution in [-0.4, -0.2) is 14.7 Å². The molecule has 0 unspecified atom stereocenters. The monoisotopic (exact) mass is 262 g/mol. The van der Waals surface area contributed by atoms with Crippen LogP contribution in [0.1, 0.15) is 11.1 Å². The molecule has 2 nitrogen and oxygen atoms in total. The third kappa shape index (κ3) is 2.31. The van der Waals surface area contributed by atoms with Gasteiger partial charge in [0.05, 0.1) is 4.90 Å². The standard InChI is InChI=1S/C9H11BrO2S/c1-6-4-8(10)5-7(2)9(6)13(3,11)12/h4-5H,1-3H3. The van der Waals surface area contributed by atoms with Crippen LogP contribution < -0.4 is 0 Å². The first-order valence-electron chi connectivity index (χ1n) is 3.79. The summed E-state index contributed by atoms with van der Waals surface area (Å²) >= 11 is 3.32. The lowest BCUT2D eigenvalue weighted by Gasteiger charge is -2.07. The molecule has 0 heterocycles. The second-order valence-electron chi connectivity index (χ2n) is 3.14. The summed E-state index contributed by atoms with van der Waals surface area (Å²) < 4.78 is 23.7. The smallest absolute Gasteiger partial charge is 0.176 e. The van der Waals surface area contributed by atoms with E-state index in [2.05, 4.69) is 15.9 Å². The summed E-state index contributed by atoms with van der Waals surface area (Å²) in [4.78, 5) is 0.440. The molecule has 1 aromatic carbocycles. The maximum atomic E-state index is 11.4. The summed E-state index contributed by atoms with van der Waals surface area (Å²) in [6.07, 6.45) is 1.23. The number of aryl methyl sites for hydroxylation is 2. The quantitative estimate of drug-likeness (QED) is 0.780. The van der Waals surface area contributed by atoms with E-state index in [-0.39, 0.29) is 0 Å². The number of hydrogen-bond acceptors (Lipinski definition) is 2. The predicted molar refractivity (Wildman–Crippen MR) is 56.7 cm³/mol. The first kappa shape index (κ1) is 10.7. The SMILES string of the molecule is Cc1cc(Br)cc(C)c1S(C)(=O)=O. The topological polar surface area (TPSA) is 34.1 Å². The normalized spacial score (nSPS) is 11.7. The van der Waals surface area contributed by atoms with Crippen molar-refractivity contribution >= 4 is 25.8 Å². The van der Waals surface area contributed by atoms with Crippen LogP contribution in [0.5, 0.6) is 0 Å². The molecule has 72 valence electrons. The zero-order valence-electron chi connectivity index (χ0n) is 7.76. The van der Waals surface area contributed by atoms with Gasteiger partial charge in [-0.15, -0.1) is 0 Å². The average Bonchev–Trinajstić information content (AvgIpc) is 1.78. The Kier molecular flexibility index (Phi) is 2.82. The Balaban J connectivity index is 3.57. The lowest BCUT2D eigenvalue weighted by Crippen LogP contribution is -2.02. The van der Waals surface area contributed by atoms with Crippen molar-refractivity contribution in [3.63, 3.8) is 0 Å². The largest absolute Gasteiger partial charge is 0.224 e. The second kappa shape index (κ2) is 3.42. The first-order chi connectivity index (χ1) is 5.82. The molecule has 0 aliphatic carbocycles. The van der Waals surface area contributed by atoms with Gasteiger partial charge in [-0.1, -0.05) is 15.9 Å². The average molecular weight is 263 g/mol. The van der Waals surface area contributed by atoms with Crippen LogP contribution in [0.3, 0.4) is 0 Å². The van der Waals surface area contributed by atoms with Crippen LogP contribution in [0.15, 0.2) is 21.5 Å². The number of benzene rings is 1. The van der Waals surface area contributed by atoms with E-state index < -0.39 is 9.84 Å². The van der Waals surface area contributed by atoms with Crippen molar-refractivity contribution in [1.82, 2.24) is 0 Å². The molecule has 0 fully saturated rings. The molecule has 0 saturated carbocycles. The Hall–Kier alpha value is -0.350. The maximum Gasteiger partial charge on any atom is 0.176 e. The predicted octanol–water partition coefficient (Wildman–Crippen LogP) is 2.47. The zero-order valence-corrected chi connectivity index (χ0v) is 10.2. The van der Waals surface area contributed by atoms with E-state index in [9.17, 15) is 8.42 Å². The van der Waals surface area contributed by atoms with E-state index in [0.717, 1.165) is 15.6 Å². The molecule has 1 aromatic rings. The van der Waals surface area contributed by atoms with Crippen molar-refractivity contribution in [2.75, 3.05) is 6.26 Å². The molecule has 0 spiro atoms. The van der Waals surface area contributed by atoms with Crippen LogP contribution in [0.2, 0.25) is 0 Å². The van der Waals surface area contributed by atoms with E-state index in [1.807, 2.05) is 12.1 Å². The third-order valence-electron chi connectivity index (χ3n) is 1.80. The maximum absolute atomic E-state index is 11.4. The lowest BCUT2D eigenvalue weighted by atomic mass is 10.2. The number of sulfone groups is 1. The van der Waals surface area contributed by atoms with E-state index in [1.165, 1.54) is 6.26 Å². The Morgan fingerprint density at radius 3 is 1.85 bits per heavy atom. The minimum Gasteiger partial charge on any atom is -0.224 e. The van der Waals surface area contributed by atoms with Gasteiger partial charge in [0, 0.05) is 10.7 Å². The van der Waals surface area contributed by atoms with Gasteiger partial charge >= 0.3 is 0 Å². The molecule has 0 radical (unpaired) electrons. The minimum absolute atomic E-state index is 0.440. The van der Waals surface area contributed by atoms with Crippen LogP contribution in [0, 0.1) is 13.8 Å². The van der Waals surface area contributed by atoms with Crippen LogP contribution >= 0.6 is 15.9 Å². The fraction of sp³-hybridized carbons (Fsp3) is 0.333. The fourth-order valence-electron chi connectivity index (χ4n) is 1.48. The molecule has 0 amide bonds. The van der Waals surface area contributed by atoms with Crippen LogP contribution in [-0.2, 0) is 9.84 Å².